The molecule has 2 aromatic carbocycles. The van der Waals surface area contributed by atoms with Crippen LogP contribution in [0.3, 0.4) is 0 Å². The minimum Gasteiger partial charge on any atom is -0.310 e. The number of halogens is 4. The van der Waals surface area contributed by atoms with Crippen molar-refractivity contribution in [1.29, 1.82) is 0 Å². The molecule has 0 fully saturated rings. The summed E-state index contributed by atoms with van der Waals surface area (Å²) in [5.41, 5.74) is 1.27. The topological polar surface area (TPSA) is 12.0 Å². The van der Waals surface area contributed by atoms with E-state index in [-0.39, 0.29) is 16.9 Å². The van der Waals surface area contributed by atoms with Crippen molar-refractivity contribution in [2.75, 3.05) is 6.54 Å². The van der Waals surface area contributed by atoms with E-state index < -0.39 is 5.82 Å². The van der Waals surface area contributed by atoms with Crippen molar-refractivity contribution in [3.8, 4) is 0 Å². The molecule has 0 saturated heterocycles. The van der Waals surface area contributed by atoms with E-state index in [2.05, 4.69) is 21.2 Å². The monoisotopic (exact) mass is 373 g/mol. The maximum atomic E-state index is 14.0. The average molecular weight is 375 g/mol. The molecule has 1 atom stereocenters. The molecule has 1 nitrogen and oxygen atoms in total. The van der Waals surface area contributed by atoms with Crippen molar-refractivity contribution in [3.05, 3.63) is 68.7 Å². The molecule has 0 aliphatic heterocycles. The van der Waals surface area contributed by atoms with Gasteiger partial charge in [-0.05, 0) is 48.4 Å². The molecule has 112 valence electrons. The Labute approximate surface area is 136 Å². The highest BCUT2D eigenvalue weighted by Gasteiger charge is 2.16. The molecule has 0 amide bonds. The first-order chi connectivity index (χ1) is 10.0. The second-order valence-corrected chi connectivity index (χ2v) is 6.05. The number of hydrogen-bond donors (Lipinski definition) is 1. The van der Waals surface area contributed by atoms with Gasteiger partial charge in [0.25, 0.3) is 0 Å². The summed E-state index contributed by atoms with van der Waals surface area (Å²) in [6.07, 6.45) is 0.399. The molecule has 0 saturated carbocycles. The van der Waals surface area contributed by atoms with Gasteiger partial charge in [0, 0.05) is 10.5 Å². The van der Waals surface area contributed by atoms with E-state index in [1.165, 1.54) is 18.2 Å². The van der Waals surface area contributed by atoms with Crippen LogP contribution in [0.4, 0.5) is 8.78 Å². The minimum atomic E-state index is -0.419. The first-order valence-electron chi connectivity index (χ1n) is 6.63. The SMILES string of the molecule is CCNC(Cc1cccc(Cl)c1F)c1cc(F)cc(Br)c1. The normalized spacial score (nSPS) is 12.4. The van der Waals surface area contributed by atoms with Crippen LogP contribution in [0.1, 0.15) is 24.1 Å². The maximum Gasteiger partial charge on any atom is 0.145 e. The van der Waals surface area contributed by atoms with Crippen LogP contribution < -0.4 is 5.32 Å². The smallest absolute Gasteiger partial charge is 0.145 e. The van der Waals surface area contributed by atoms with E-state index >= 15 is 0 Å². The van der Waals surface area contributed by atoms with Gasteiger partial charge in [-0.1, -0.05) is 46.6 Å². The molecule has 0 spiro atoms. The fourth-order valence-electron chi connectivity index (χ4n) is 2.26. The second kappa shape index (κ2) is 7.34. The van der Waals surface area contributed by atoms with E-state index in [1.54, 1.807) is 12.1 Å². The van der Waals surface area contributed by atoms with Gasteiger partial charge in [0.05, 0.1) is 5.02 Å². The zero-order valence-corrected chi connectivity index (χ0v) is 13.8. The molecule has 0 aliphatic rings. The van der Waals surface area contributed by atoms with Gasteiger partial charge in [0.1, 0.15) is 11.6 Å². The van der Waals surface area contributed by atoms with E-state index in [9.17, 15) is 8.78 Å². The minimum absolute atomic E-state index is 0.100. The summed E-state index contributed by atoms with van der Waals surface area (Å²) < 4.78 is 28.3. The lowest BCUT2D eigenvalue weighted by Crippen LogP contribution is -2.23. The third kappa shape index (κ3) is 4.25. The van der Waals surface area contributed by atoms with Crippen molar-refractivity contribution in [2.45, 2.75) is 19.4 Å². The summed E-state index contributed by atoms with van der Waals surface area (Å²) >= 11 is 9.09. The molecule has 0 radical (unpaired) electrons. The van der Waals surface area contributed by atoms with Crippen LogP contribution >= 0.6 is 27.5 Å². The average Bonchev–Trinajstić information content (AvgIpc) is 2.42. The zero-order chi connectivity index (χ0) is 15.4. The highest BCUT2D eigenvalue weighted by molar-refractivity contribution is 9.10. The van der Waals surface area contributed by atoms with Crippen LogP contribution in [-0.2, 0) is 6.42 Å². The highest BCUT2D eigenvalue weighted by Crippen LogP contribution is 2.26. The van der Waals surface area contributed by atoms with Gasteiger partial charge < -0.3 is 5.32 Å². The molecule has 0 heterocycles. The molecule has 2 aromatic rings. The number of rotatable bonds is 5. The van der Waals surface area contributed by atoms with E-state index in [0.29, 0.717) is 23.0 Å². The summed E-state index contributed by atoms with van der Waals surface area (Å²) in [5, 5.41) is 3.35. The molecular weight excluding hydrogens is 360 g/mol. The number of nitrogens with one attached hydrogen (secondary N) is 1. The van der Waals surface area contributed by atoms with E-state index in [0.717, 1.165) is 5.56 Å². The Morgan fingerprint density at radius 3 is 2.67 bits per heavy atom. The van der Waals surface area contributed by atoms with Crippen LogP contribution in [0.2, 0.25) is 5.02 Å². The van der Waals surface area contributed by atoms with Gasteiger partial charge in [-0.2, -0.15) is 0 Å². The van der Waals surface area contributed by atoms with Crippen molar-refractivity contribution in [1.82, 2.24) is 5.32 Å². The Bertz CT molecular complexity index is 613. The third-order valence-electron chi connectivity index (χ3n) is 3.19. The Morgan fingerprint density at radius 1 is 1.24 bits per heavy atom. The quantitative estimate of drug-likeness (QED) is 0.751. The highest BCUT2D eigenvalue weighted by atomic mass is 79.9. The van der Waals surface area contributed by atoms with Crippen LogP contribution in [-0.4, -0.2) is 6.54 Å². The number of benzene rings is 2. The summed E-state index contributed by atoms with van der Waals surface area (Å²) in [6, 6.07) is 9.42. The van der Waals surface area contributed by atoms with Crippen LogP contribution in [0, 0.1) is 11.6 Å². The molecule has 1 N–H and O–H groups in total. The van der Waals surface area contributed by atoms with Crippen molar-refractivity contribution in [3.63, 3.8) is 0 Å². The Morgan fingerprint density at radius 2 is 2.00 bits per heavy atom. The Balaban J connectivity index is 2.32. The Kier molecular flexibility index (Phi) is 5.73. The third-order valence-corrected chi connectivity index (χ3v) is 3.94. The van der Waals surface area contributed by atoms with Crippen LogP contribution in [0.5, 0.6) is 0 Å². The predicted octanol–water partition coefficient (Wildman–Crippen LogP) is 5.27. The fraction of sp³-hybridized carbons (Fsp3) is 0.250. The molecule has 0 aliphatic carbocycles. The van der Waals surface area contributed by atoms with E-state index in [1.807, 2.05) is 13.0 Å². The molecule has 1 unspecified atom stereocenters. The lowest BCUT2D eigenvalue weighted by molar-refractivity contribution is 0.523. The van der Waals surface area contributed by atoms with Gasteiger partial charge in [-0.25, -0.2) is 8.78 Å². The van der Waals surface area contributed by atoms with Gasteiger partial charge in [0.2, 0.25) is 0 Å². The lowest BCUT2D eigenvalue weighted by Gasteiger charge is -2.19. The fourth-order valence-corrected chi connectivity index (χ4v) is 2.93. The lowest BCUT2D eigenvalue weighted by atomic mass is 9.98. The summed E-state index contributed by atoms with van der Waals surface area (Å²) in [4.78, 5) is 0. The first-order valence-corrected chi connectivity index (χ1v) is 7.80. The largest absolute Gasteiger partial charge is 0.310 e. The van der Waals surface area contributed by atoms with Gasteiger partial charge >= 0.3 is 0 Å². The molecule has 21 heavy (non-hydrogen) atoms. The van der Waals surface area contributed by atoms with Crippen molar-refractivity contribution >= 4 is 27.5 Å². The van der Waals surface area contributed by atoms with Crippen LogP contribution in [0.15, 0.2) is 40.9 Å². The number of hydrogen-bond acceptors (Lipinski definition) is 1. The van der Waals surface area contributed by atoms with Crippen molar-refractivity contribution in [2.24, 2.45) is 0 Å². The standard InChI is InChI=1S/C16H15BrClF2N/c1-2-21-15(11-6-12(17)9-13(19)7-11)8-10-4-3-5-14(18)16(10)20/h3-7,9,15,21H,2,8H2,1H3. The molecule has 2 rings (SSSR count). The van der Waals surface area contributed by atoms with Crippen molar-refractivity contribution < 1.29 is 8.78 Å². The first kappa shape index (κ1) is 16.4. The number of likely N-dealkylation sites (N-methyl/N-ethyl adjacent to an activating group) is 1. The Hall–Kier alpha value is -0.970. The second-order valence-electron chi connectivity index (χ2n) is 4.73. The van der Waals surface area contributed by atoms with Crippen LogP contribution in [0.25, 0.3) is 0 Å². The molecular formula is C16H15BrClF2N. The van der Waals surface area contributed by atoms with Gasteiger partial charge in [-0.15, -0.1) is 0 Å². The zero-order valence-electron chi connectivity index (χ0n) is 11.5. The predicted molar refractivity (Wildman–Crippen MR) is 85.6 cm³/mol. The summed E-state index contributed by atoms with van der Waals surface area (Å²) in [7, 11) is 0. The molecule has 5 heteroatoms. The maximum absolute atomic E-state index is 14.0. The molecule has 0 aromatic heterocycles. The summed E-state index contributed by atoms with van der Waals surface area (Å²) in [6.45, 7) is 2.65. The molecule has 0 bridgehead atoms. The van der Waals surface area contributed by atoms with Gasteiger partial charge in [0.15, 0.2) is 0 Å². The van der Waals surface area contributed by atoms with E-state index in [4.69, 9.17) is 11.6 Å². The van der Waals surface area contributed by atoms with Gasteiger partial charge in [-0.3, -0.25) is 0 Å². The summed E-state index contributed by atoms with van der Waals surface area (Å²) in [5.74, 6) is -0.744.